The van der Waals surface area contributed by atoms with Crippen LogP contribution in [-0.4, -0.2) is 0 Å². The van der Waals surface area contributed by atoms with Gasteiger partial charge >= 0.3 is 0 Å². The topological polar surface area (TPSA) is 13.1 Å². The van der Waals surface area contributed by atoms with Gasteiger partial charge in [-0.15, -0.1) is 0 Å². The number of hydrogen-bond acceptors (Lipinski definition) is 1. The van der Waals surface area contributed by atoms with Gasteiger partial charge in [-0.05, 0) is 211 Å². The molecule has 19 aromatic rings. The van der Waals surface area contributed by atoms with Gasteiger partial charge in [-0.1, -0.05) is 355 Å². The molecule has 103 heavy (non-hydrogen) atoms. The molecule has 0 N–H and O–H groups in total. The van der Waals surface area contributed by atoms with E-state index < -0.39 is 0 Å². The van der Waals surface area contributed by atoms with E-state index in [0.717, 1.165) is 21.9 Å². The second-order valence-electron chi connectivity index (χ2n) is 29.2. The van der Waals surface area contributed by atoms with E-state index in [1.807, 2.05) is 12.1 Å². The first kappa shape index (κ1) is 60.3. The SMILES string of the molecule is CC1(C)c2c(-c3ccc(-c4c5ccccc5c(-c5cccc(-c6ccc7oc8ccccc8c7c6)c5)c5ccccc45)cc3)cccc2-c2ccc3ccccc3c21.CC1(C)c2c(-c3ccc(-c4c5ccccc5c(-c5ccccc5)c5ccccc45)cc3)cccc2-c2ccc3ccccc3c21. The van der Waals surface area contributed by atoms with E-state index >= 15 is 0 Å². The lowest BCUT2D eigenvalue weighted by atomic mass is 9.77. The fourth-order valence-electron chi connectivity index (χ4n) is 18.5. The minimum absolute atomic E-state index is 0.111. The van der Waals surface area contributed by atoms with Gasteiger partial charge in [-0.25, -0.2) is 0 Å². The van der Waals surface area contributed by atoms with E-state index in [0.29, 0.717) is 0 Å². The molecule has 21 rings (SSSR count). The van der Waals surface area contributed by atoms with Gasteiger partial charge in [0.2, 0.25) is 0 Å². The molecule has 484 valence electrons. The fraction of sp³-hybridized carbons (Fsp3) is 0.0588. The van der Waals surface area contributed by atoms with Gasteiger partial charge in [0.25, 0.3) is 0 Å². The monoisotopic (exact) mass is 1310 g/mol. The van der Waals surface area contributed by atoms with Gasteiger partial charge < -0.3 is 4.42 Å². The molecule has 0 unspecified atom stereocenters. The molecule has 0 radical (unpaired) electrons. The summed E-state index contributed by atoms with van der Waals surface area (Å²) in [5.41, 5.74) is 30.3. The maximum Gasteiger partial charge on any atom is 0.135 e. The van der Waals surface area contributed by atoms with Crippen LogP contribution in [0.25, 0.3) is 187 Å². The van der Waals surface area contributed by atoms with Gasteiger partial charge in [0.1, 0.15) is 11.2 Å². The zero-order valence-corrected chi connectivity index (χ0v) is 57.9. The van der Waals surface area contributed by atoms with Gasteiger partial charge in [-0.3, -0.25) is 0 Å². The van der Waals surface area contributed by atoms with Crippen LogP contribution >= 0.6 is 0 Å². The Kier molecular flexibility index (Phi) is 13.7. The maximum atomic E-state index is 6.16. The molecule has 0 bridgehead atoms. The van der Waals surface area contributed by atoms with Crippen molar-refractivity contribution < 1.29 is 4.42 Å². The van der Waals surface area contributed by atoms with Crippen molar-refractivity contribution in [2.24, 2.45) is 0 Å². The molecular weight excluding hydrogens is 1240 g/mol. The molecule has 0 saturated heterocycles. The molecule has 0 amide bonds. The van der Waals surface area contributed by atoms with Crippen LogP contribution in [0.3, 0.4) is 0 Å². The highest BCUT2D eigenvalue weighted by Crippen LogP contribution is 2.57. The number of rotatable bonds is 7. The Bertz CT molecular complexity index is 6580. The standard InChI is InChI=1S/C57H38O.C45H32/c1-57(2)55-42(22-12-23-48(55)49-31-29-35-13-3-4-16-41(35)56(49)57)36-25-27-37(28-26-36)53-44-18-5-7-20-46(44)54(47-21-8-6-19-45(47)53)40-15-11-14-38(33-40)39-30-32-52-50(34-39)43-17-9-10-24-51(43)58-52;1-45(2)43-34(21-12-22-39(43)40-28-27-29-13-6-7-16-33(29)44(40)45)30-23-25-32(26-24-30)42-37-19-10-8-17-35(37)41(31-14-4-3-5-15-31)36-18-9-11-20-38(36)42/h3-34H,1-2H3;3-28H,1-2H3. The smallest absolute Gasteiger partial charge is 0.135 e. The summed E-state index contributed by atoms with van der Waals surface area (Å²) in [5, 5.41) is 17.7. The summed E-state index contributed by atoms with van der Waals surface area (Å²) in [5.74, 6) is 0. The van der Waals surface area contributed by atoms with E-state index in [9.17, 15) is 0 Å². The summed E-state index contributed by atoms with van der Waals surface area (Å²) in [6.45, 7) is 9.59. The Balaban J connectivity index is 0.000000142. The molecule has 1 aromatic heterocycles. The van der Waals surface area contributed by atoms with Crippen molar-refractivity contribution in [3.8, 4) is 100 Å². The first-order valence-electron chi connectivity index (χ1n) is 36.1. The first-order valence-corrected chi connectivity index (χ1v) is 36.1. The summed E-state index contributed by atoms with van der Waals surface area (Å²) in [4.78, 5) is 0. The highest BCUT2D eigenvalue weighted by Gasteiger charge is 2.40. The van der Waals surface area contributed by atoms with Crippen molar-refractivity contribution in [2.75, 3.05) is 0 Å². The minimum Gasteiger partial charge on any atom is -0.456 e. The van der Waals surface area contributed by atoms with Gasteiger partial charge in [0, 0.05) is 21.6 Å². The number of benzene rings is 18. The molecule has 1 heterocycles. The molecule has 0 aliphatic heterocycles. The molecule has 0 atom stereocenters. The number of fused-ring (bicyclic) bond motifs is 17. The molecule has 0 fully saturated rings. The molecule has 1 nitrogen and oxygen atoms in total. The van der Waals surface area contributed by atoms with E-state index in [1.165, 1.54) is 187 Å². The summed E-state index contributed by atoms with van der Waals surface area (Å²) in [6.07, 6.45) is 0. The lowest BCUT2D eigenvalue weighted by Crippen LogP contribution is -2.16. The van der Waals surface area contributed by atoms with Crippen LogP contribution in [0.5, 0.6) is 0 Å². The Morgan fingerprint density at radius 2 is 0.476 bits per heavy atom. The quantitative estimate of drug-likeness (QED) is 0.145. The van der Waals surface area contributed by atoms with Gasteiger partial charge in [-0.2, -0.15) is 0 Å². The lowest BCUT2D eigenvalue weighted by molar-refractivity contribution is 0.668. The van der Waals surface area contributed by atoms with Crippen molar-refractivity contribution in [3.05, 3.63) is 374 Å². The van der Waals surface area contributed by atoms with Crippen LogP contribution in [0.1, 0.15) is 49.9 Å². The second kappa shape index (κ2) is 23.5. The van der Waals surface area contributed by atoms with Crippen molar-refractivity contribution in [1.82, 2.24) is 0 Å². The third kappa shape index (κ3) is 9.39. The van der Waals surface area contributed by atoms with Crippen LogP contribution < -0.4 is 0 Å². The van der Waals surface area contributed by atoms with Crippen molar-refractivity contribution >= 4 is 86.6 Å². The third-order valence-corrected chi connectivity index (χ3v) is 22.8. The Labute approximate surface area is 599 Å². The predicted molar refractivity (Wildman–Crippen MR) is 438 cm³/mol. The highest BCUT2D eigenvalue weighted by atomic mass is 16.3. The van der Waals surface area contributed by atoms with Crippen molar-refractivity contribution in [2.45, 2.75) is 38.5 Å². The molecule has 2 aliphatic carbocycles. The fourth-order valence-corrected chi connectivity index (χ4v) is 18.5. The van der Waals surface area contributed by atoms with Crippen molar-refractivity contribution in [3.63, 3.8) is 0 Å². The molecule has 18 aromatic carbocycles. The number of hydrogen-bond donors (Lipinski definition) is 0. The molecular formula is C102H70O. The van der Waals surface area contributed by atoms with Crippen LogP contribution in [0.4, 0.5) is 0 Å². The molecule has 0 spiro atoms. The van der Waals surface area contributed by atoms with Crippen LogP contribution in [-0.2, 0) is 10.8 Å². The lowest BCUT2D eigenvalue weighted by Gasteiger charge is -2.26. The Morgan fingerprint density at radius 3 is 0.932 bits per heavy atom. The molecule has 1 heteroatoms. The average Bonchev–Trinajstić information content (AvgIpc) is 1.57. The first-order chi connectivity index (χ1) is 50.6. The summed E-state index contributed by atoms with van der Waals surface area (Å²) >= 11 is 0. The van der Waals surface area contributed by atoms with Crippen LogP contribution in [0.2, 0.25) is 0 Å². The largest absolute Gasteiger partial charge is 0.456 e. The normalized spacial score (nSPS) is 13.2. The van der Waals surface area contributed by atoms with E-state index in [-0.39, 0.29) is 10.8 Å². The molecule has 0 saturated carbocycles. The van der Waals surface area contributed by atoms with E-state index in [4.69, 9.17) is 4.42 Å². The zero-order valence-electron chi connectivity index (χ0n) is 57.9. The van der Waals surface area contributed by atoms with Crippen molar-refractivity contribution in [1.29, 1.82) is 0 Å². The average molecular weight is 1310 g/mol. The van der Waals surface area contributed by atoms with Gasteiger partial charge in [0.15, 0.2) is 0 Å². The Hall–Kier alpha value is -12.7. The maximum absolute atomic E-state index is 6.16. The predicted octanol–water partition coefficient (Wildman–Crippen LogP) is 28.5. The summed E-state index contributed by atoms with van der Waals surface area (Å²) in [6, 6.07) is 130. The highest BCUT2D eigenvalue weighted by molar-refractivity contribution is 6.23. The second-order valence-corrected chi connectivity index (χ2v) is 29.2. The number of furan rings is 1. The third-order valence-electron chi connectivity index (χ3n) is 22.8. The van der Waals surface area contributed by atoms with E-state index in [1.54, 1.807) is 0 Å². The minimum atomic E-state index is -0.138. The van der Waals surface area contributed by atoms with Gasteiger partial charge in [0.05, 0.1) is 0 Å². The molecule has 2 aliphatic rings. The number of para-hydroxylation sites is 1. The van der Waals surface area contributed by atoms with Crippen LogP contribution in [0, 0.1) is 0 Å². The van der Waals surface area contributed by atoms with E-state index in [2.05, 4.69) is 367 Å². The Morgan fingerprint density at radius 1 is 0.175 bits per heavy atom. The summed E-state index contributed by atoms with van der Waals surface area (Å²) in [7, 11) is 0. The van der Waals surface area contributed by atoms with Crippen LogP contribution in [0.15, 0.2) is 356 Å². The summed E-state index contributed by atoms with van der Waals surface area (Å²) < 4.78 is 6.16. The zero-order chi connectivity index (χ0) is 68.7.